The van der Waals surface area contributed by atoms with Gasteiger partial charge in [0.1, 0.15) is 4.90 Å². The predicted molar refractivity (Wildman–Crippen MR) is 80.4 cm³/mol. The number of furan rings is 1. The number of carboxylic acids is 1. The minimum Gasteiger partial charge on any atom is -0.475 e. The van der Waals surface area contributed by atoms with E-state index < -0.39 is 21.8 Å². The van der Waals surface area contributed by atoms with E-state index in [0.29, 0.717) is 16.3 Å². The average molecular weight is 395 g/mol. The van der Waals surface area contributed by atoms with Crippen molar-refractivity contribution >= 4 is 49.2 Å². The third kappa shape index (κ3) is 3.39. The second kappa shape index (κ2) is 5.70. The van der Waals surface area contributed by atoms with Crippen LogP contribution in [-0.4, -0.2) is 19.5 Å². The van der Waals surface area contributed by atoms with Crippen LogP contribution in [0, 0.1) is 6.92 Å². The Morgan fingerprint density at radius 3 is 2.57 bits per heavy atom. The van der Waals surface area contributed by atoms with Gasteiger partial charge in [0.25, 0.3) is 10.0 Å². The maximum absolute atomic E-state index is 12.3. The quantitative estimate of drug-likeness (QED) is 0.827. The monoisotopic (exact) mass is 393 g/mol. The van der Waals surface area contributed by atoms with E-state index in [2.05, 4.69) is 20.7 Å². The number of aryl methyl sites for hydroxylation is 1. The number of aromatic carboxylic acids is 1. The lowest BCUT2D eigenvalue weighted by molar-refractivity contribution is 0.0661. The molecule has 0 aliphatic rings. The molecule has 0 bridgehead atoms. The first-order valence-corrected chi connectivity index (χ1v) is 8.18. The van der Waals surface area contributed by atoms with Gasteiger partial charge in [0.15, 0.2) is 4.67 Å². The van der Waals surface area contributed by atoms with Crippen molar-refractivity contribution in [3.63, 3.8) is 0 Å². The molecule has 2 N–H and O–H groups in total. The van der Waals surface area contributed by atoms with Crippen molar-refractivity contribution in [2.45, 2.75) is 11.8 Å². The van der Waals surface area contributed by atoms with Crippen molar-refractivity contribution in [2.24, 2.45) is 0 Å². The van der Waals surface area contributed by atoms with Gasteiger partial charge < -0.3 is 9.52 Å². The van der Waals surface area contributed by atoms with E-state index in [-0.39, 0.29) is 9.56 Å². The maximum Gasteiger partial charge on any atom is 0.371 e. The van der Waals surface area contributed by atoms with Gasteiger partial charge in [0, 0.05) is 11.1 Å². The molecule has 0 saturated carbocycles. The van der Waals surface area contributed by atoms with Crippen LogP contribution in [-0.2, 0) is 10.0 Å². The molecule has 1 heterocycles. The Morgan fingerprint density at radius 2 is 2.05 bits per heavy atom. The Balaban J connectivity index is 2.41. The van der Waals surface area contributed by atoms with Crippen molar-refractivity contribution in [2.75, 3.05) is 4.72 Å². The van der Waals surface area contributed by atoms with Crippen LogP contribution in [0.5, 0.6) is 0 Å². The van der Waals surface area contributed by atoms with E-state index in [1.54, 1.807) is 19.1 Å². The van der Waals surface area contributed by atoms with Gasteiger partial charge in [-0.3, -0.25) is 4.72 Å². The zero-order chi connectivity index (χ0) is 15.8. The number of halogens is 2. The summed E-state index contributed by atoms with van der Waals surface area (Å²) < 4.78 is 31.5. The van der Waals surface area contributed by atoms with Crippen LogP contribution in [0.4, 0.5) is 5.69 Å². The molecule has 0 aliphatic carbocycles. The van der Waals surface area contributed by atoms with Gasteiger partial charge in [0.2, 0.25) is 5.76 Å². The van der Waals surface area contributed by atoms with Crippen molar-refractivity contribution in [1.82, 2.24) is 0 Å². The fourth-order valence-electron chi connectivity index (χ4n) is 1.58. The van der Waals surface area contributed by atoms with E-state index in [1.807, 2.05) is 0 Å². The number of rotatable bonds is 4. The van der Waals surface area contributed by atoms with Crippen LogP contribution in [0.3, 0.4) is 0 Å². The van der Waals surface area contributed by atoms with Crippen LogP contribution in [0.25, 0.3) is 0 Å². The smallest absolute Gasteiger partial charge is 0.371 e. The number of sulfonamides is 1. The molecule has 0 fully saturated rings. The standard InChI is InChI=1S/C12H9BrClNO5S/c1-6-4-7(14)2-3-8(6)15-21(18,19)10-5-9(12(16)17)20-11(10)13/h2-5,15H,1H3,(H,16,17). The van der Waals surface area contributed by atoms with Gasteiger partial charge in [-0.25, -0.2) is 13.2 Å². The summed E-state index contributed by atoms with van der Waals surface area (Å²) in [4.78, 5) is 10.5. The van der Waals surface area contributed by atoms with Crippen LogP contribution >= 0.6 is 27.5 Å². The molecule has 1 aromatic carbocycles. The van der Waals surface area contributed by atoms with E-state index in [0.717, 1.165) is 6.07 Å². The summed E-state index contributed by atoms with van der Waals surface area (Å²) in [6.07, 6.45) is 0. The Hall–Kier alpha value is -1.51. The molecular formula is C12H9BrClNO5S. The minimum absolute atomic E-state index is 0.181. The zero-order valence-corrected chi connectivity index (χ0v) is 13.7. The molecule has 0 amide bonds. The normalized spacial score (nSPS) is 11.4. The SMILES string of the molecule is Cc1cc(Cl)ccc1NS(=O)(=O)c1cc(C(=O)O)oc1Br. The van der Waals surface area contributed by atoms with E-state index >= 15 is 0 Å². The number of carbonyl (C=O) groups is 1. The molecule has 21 heavy (non-hydrogen) atoms. The number of carboxylic acid groups (broad SMARTS) is 1. The molecule has 112 valence electrons. The number of nitrogens with one attached hydrogen (secondary N) is 1. The average Bonchev–Trinajstić information content (AvgIpc) is 2.76. The highest BCUT2D eigenvalue weighted by atomic mass is 79.9. The van der Waals surface area contributed by atoms with Gasteiger partial charge >= 0.3 is 5.97 Å². The first kappa shape index (κ1) is 15.9. The summed E-state index contributed by atoms with van der Waals surface area (Å²) >= 11 is 8.70. The highest BCUT2D eigenvalue weighted by molar-refractivity contribution is 9.10. The molecule has 2 rings (SSSR count). The van der Waals surface area contributed by atoms with E-state index in [4.69, 9.17) is 21.1 Å². The summed E-state index contributed by atoms with van der Waals surface area (Å²) in [6.45, 7) is 1.69. The molecule has 0 saturated heterocycles. The van der Waals surface area contributed by atoms with Crippen LogP contribution in [0.15, 0.2) is 38.2 Å². The third-order valence-electron chi connectivity index (χ3n) is 2.59. The lowest BCUT2D eigenvalue weighted by Crippen LogP contribution is -2.13. The van der Waals surface area contributed by atoms with Gasteiger partial charge in [-0.1, -0.05) is 11.6 Å². The molecule has 0 aliphatic heterocycles. The van der Waals surface area contributed by atoms with Crippen LogP contribution in [0.2, 0.25) is 5.02 Å². The Bertz CT molecular complexity index is 815. The van der Waals surface area contributed by atoms with Gasteiger partial charge in [-0.05, 0) is 46.6 Å². The second-order valence-corrected chi connectivity index (χ2v) is 6.93. The second-order valence-electron chi connectivity index (χ2n) is 4.12. The van der Waals surface area contributed by atoms with Crippen molar-refractivity contribution in [3.8, 4) is 0 Å². The van der Waals surface area contributed by atoms with Crippen LogP contribution < -0.4 is 4.72 Å². The van der Waals surface area contributed by atoms with E-state index in [1.165, 1.54) is 6.07 Å². The number of benzene rings is 1. The summed E-state index contributed by atoms with van der Waals surface area (Å²) in [7, 11) is -3.99. The Labute approximate surface area is 133 Å². The summed E-state index contributed by atoms with van der Waals surface area (Å²) in [5, 5.41) is 9.29. The molecular weight excluding hydrogens is 386 g/mol. The Kier molecular flexibility index (Phi) is 4.31. The van der Waals surface area contributed by atoms with Gasteiger partial charge in [0.05, 0.1) is 5.69 Å². The predicted octanol–water partition coefficient (Wildman–Crippen LogP) is 3.50. The Morgan fingerprint density at radius 1 is 1.38 bits per heavy atom. The summed E-state index contributed by atoms with van der Waals surface area (Å²) in [6, 6.07) is 5.59. The topological polar surface area (TPSA) is 96.6 Å². The van der Waals surface area contributed by atoms with Crippen LogP contribution in [0.1, 0.15) is 16.1 Å². The summed E-state index contributed by atoms with van der Waals surface area (Å²) in [5.74, 6) is -1.84. The fourth-order valence-corrected chi connectivity index (χ4v) is 3.88. The molecule has 0 radical (unpaired) electrons. The first-order chi connectivity index (χ1) is 9.70. The summed E-state index contributed by atoms with van der Waals surface area (Å²) in [5.41, 5.74) is 0.966. The molecule has 0 spiro atoms. The van der Waals surface area contributed by atoms with Gasteiger partial charge in [-0.15, -0.1) is 0 Å². The molecule has 2 aromatic rings. The zero-order valence-electron chi connectivity index (χ0n) is 10.6. The third-order valence-corrected chi connectivity index (χ3v) is 5.05. The maximum atomic E-state index is 12.3. The van der Waals surface area contributed by atoms with E-state index in [9.17, 15) is 13.2 Å². The molecule has 6 nitrogen and oxygen atoms in total. The highest BCUT2D eigenvalue weighted by Crippen LogP contribution is 2.29. The fraction of sp³-hybridized carbons (Fsp3) is 0.0833. The lowest BCUT2D eigenvalue weighted by atomic mass is 10.2. The van der Waals surface area contributed by atoms with Gasteiger partial charge in [-0.2, -0.15) is 0 Å². The molecule has 9 heteroatoms. The van der Waals surface area contributed by atoms with Crippen molar-refractivity contribution in [1.29, 1.82) is 0 Å². The molecule has 1 aromatic heterocycles. The molecule has 0 unspecified atom stereocenters. The number of hydrogen-bond acceptors (Lipinski definition) is 4. The minimum atomic E-state index is -3.99. The van der Waals surface area contributed by atoms with Crippen molar-refractivity contribution in [3.05, 3.63) is 45.3 Å². The highest BCUT2D eigenvalue weighted by Gasteiger charge is 2.25. The van der Waals surface area contributed by atoms with Crippen molar-refractivity contribution < 1.29 is 22.7 Å². The lowest BCUT2D eigenvalue weighted by Gasteiger charge is -2.09. The number of anilines is 1. The largest absolute Gasteiger partial charge is 0.475 e. The molecule has 0 atom stereocenters. The number of hydrogen-bond donors (Lipinski definition) is 2. The first-order valence-electron chi connectivity index (χ1n) is 5.52.